The van der Waals surface area contributed by atoms with Crippen molar-refractivity contribution in [1.82, 2.24) is 0 Å². The van der Waals surface area contributed by atoms with Crippen molar-refractivity contribution in [1.29, 1.82) is 0 Å². The summed E-state index contributed by atoms with van der Waals surface area (Å²) in [5, 5.41) is 0. The molecule has 0 bridgehead atoms. The van der Waals surface area contributed by atoms with Crippen LogP contribution in [0.5, 0.6) is 5.75 Å². The molecule has 1 unspecified atom stereocenters. The fourth-order valence-corrected chi connectivity index (χ4v) is 4.05. The average molecular weight is 342 g/mol. The number of rotatable bonds is 8. The second kappa shape index (κ2) is 8.72. The van der Waals surface area contributed by atoms with Crippen LogP contribution >= 0.6 is 0 Å². The molecule has 0 fully saturated rings. The maximum atomic E-state index is 12.0. The molecule has 9 heteroatoms. The van der Waals surface area contributed by atoms with Crippen molar-refractivity contribution < 1.29 is 25.2 Å². The molecule has 0 aliphatic carbocycles. The Morgan fingerprint density at radius 1 is 1.05 bits per heavy atom. The summed E-state index contributed by atoms with van der Waals surface area (Å²) in [6, 6.07) is 7.53. The number of hydrogen-bond acceptors (Lipinski definition) is 6. The molecule has 0 heterocycles. The Morgan fingerprint density at radius 3 is 2.10 bits per heavy atom. The molecular formula is C12H15NaO6S2. The number of hydrogen-bond donors (Lipinski definition) is 0. The molecule has 1 aromatic carbocycles. The second-order valence-electron chi connectivity index (χ2n) is 3.56. The summed E-state index contributed by atoms with van der Waals surface area (Å²) in [4.78, 5) is 0. The molecule has 0 saturated carbocycles. The van der Waals surface area contributed by atoms with E-state index in [0.29, 0.717) is 0 Å². The van der Waals surface area contributed by atoms with Crippen molar-refractivity contribution in [2.45, 2.75) is 4.58 Å². The van der Waals surface area contributed by atoms with Gasteiger partial charge in [0.15, 0.2) is 0 Å². The molecule has 1 rings (SSSR count). The number of benzene rings is 1. The standard InChI is InChI=1S/C12H14O6S2.Na.H/c1-3-10-17-19(13,14)12(4-2)20(15,16)18-11-8-6-5-7-9-11;;/h3-9,12H,1-2,10H2;;. The third kappa shape index (κ3) is 5.93. The van der Waals surface area contributed by atoms with E-state index >= 15 is 0 Å². The van der Waals surface area contributed by atoms with Gasteiger partial charge in [0.05, 0.1) is 6.61 Å². The summed E-state index contributed by atoms with van der Waals surface area (Å²) in [7, 11) is -8.89. The minimum absolute atomic E-state index is 0. The fourth-order valence-electron chi connectivity index (χ4n) is 1.25. The van der Waals surface area contributed by atoms with E-state index in [1.165, 1.54) is 18.2 Å². The first-order valence-corrected chi connectivity index (χ1v) is 8.38. The Morgan fingerprint density at radius 2 is 1.62 bits per heavy atom. The molecule has 0 aliphatic rings. The van der Waals surface area contributed by atoms with E-state index in [9.17, 15) is 16.8 Å². The van der Waals surface area contributed by atoms with Gasteiger partial charge in [-0.3, -0.25) is 4.18 Å². The molecule has 0 spiro atoms. The third-order valence-electron chi connectivity index (χ3n) is 2.07. The van der Waals surface area contributed by atoms with E-state index in [1.54, 1.807) is 18.2 Å². The SMILES string of the molecule is C=CCOS(=O)(=O)C(C=C)S(=O)(=O)Oc1ccccc1.[NaH]. The molecule has 0 N–H and O–H groups in total. The van der Waals surface area contributed by atoms with Crippen molar-refractivity contribution >= 4 is 49.8 Å². The van der Waals surface area contributed by atoms with Gasteiger partial charge in [0.1, 0.15) is 5.75 Å². The first kappa shape index (κ1) is 20.4. The zero-order chi connectivity index (χ0) is 15.2. The van der Waals surface area contributed by atoms with Crippen LogP contribution in [0.1, 0.15) is 0 Å². The van der Waals surface area contributed by atoms with Crippen molar-refractivity contribution in [3.8, 4) is 5.75 Å². The molecule has 6 nitrogen and oxygen atoms in total. The van der Waals surface area contributed by atoms with Gasteiger partial charge in [0, 0.05) is 0 Å². The van der Waals surface area contributed by atoms with Crippen LogP contribution in [0.4, 0.5) is 0 Å². The van der Waals surface area contributed by atoms with Crippen molar-refractivity contribution in [2.24, 2.45) is 0 Å². The molecule has 112 valence electrons. The molecule has 0 amide bonds. The Hall–Kier alpha value is -0.640. The van der Waals surface area contributed by atoms with Crippen molar-refractivity contribution in [3.63, 3.8) is 0 Å². The van der Waals surface area contributed by atoms with Crippen LogP contribution in [-0.4, -0.2) is 57.6 Å². The predicted octanol–water partition coefficient (Wildman–Crippen LogP) is 0.791. The molecule has 0 aromatic heterocycles. The van der Waals surface area contributed by atoms with Gasteiger partial charge < -0.3 is 4.18 Å². The van der Waals surface area contributed by atoms with Crippen molar-refractivity contribution in [2.75, 3.05) is 6.61 Å². The Labute approximate surface area is 147 Å². The summed E-state index contributed by atoms with van der Waals surface area (Å²) in [6.07, 6.45) is 1.92. The summed E-state index contributed by atoms with van der Waals surface area (Å²) in [6.45, 7) is 6.14. The molecular weight excluding hydrogens is 327 g/mol. The van der Waals surface area contributed by atoms with Gasteiger partial charge in [0.2, 0.25) is 4.58 Å². The van der Waals surface area contributed by atoms with Gasteiger partial charge >= 0.3 is 39.7 Å². The van der Waals surface area contributed by atoms with Crippen LogP contribution in [0.25, 0.3) is 0 Å². The summed E-state index contributed by atoms with van der Waals surface area (Å²) >= 11 is 0. The Bertz CT molecular complexity index is 667. The monoisotopic (exact) mass is 342 g/mol. The van der Waals surface area contributed by atoms with Gasteiger partial charge in [-0.05, 0) is 12.1 Å². The summed E-state index contributed by atoms with van der Waals surface area (Å²) in [5.41, 5.74) is 0. The van der Waals surface area contributed by atoms with Crippen LogP contribution in [-0.2, 0) is 24.4 Å². The summed E-state index contributed by atoms with van der Waals surface area (Å²) in [5.74, 6) is -0.00160. The minimum atomic E-state index is -4.48. The van der Waals surface area contributed by atoms with Crippen molar-refractivity contribution in [3.05, 3.63) is 55.6 Å². The van der Waals surface area contributed by atoms with E-state index in [1.807, 2.05) is 0 Å². The van der Waals surface area contributed by atoms with E-state index in [2.05, 4.69) is 17.3 Å². The van der Waals surface area contributed by atoms with Crippen LogP contribution in [0.3, 0.4) is 0 Å². The molecule has 1 atom stereocenters. The predicted molar refractivity (Wildman–Crippen MR) is 82.2 cm³/mol. The quantitative estimate of drug-likeness (QED) is 0.394. The van der Waals surface area contributed by atoms with Gasteiger partial charge in [-0.25, -0.2) is 0 Å². The molecule has 0 radical (unpaired) electrons. The van der Waals surface area contributed by atoms with E-state index in [-0.39, 0.29) is 41.9 Å². The first-order valence-electron chi connectivity index (χ1n) is 5.43. The Kier molecular flexibility index (Phi) is 8.45. The third-order valence-corrected chi connectivity index (χ3v) is 5.89. The average Bonchev–Trinajstić information content (AvgIpc) is 2.37. The van der Waals surface area contributed by atoms with Gasteiger partial charge in [0.25, 0.3) is 10.1 Å². The molecule has 1 aromatic rings. The fraction of sp³-hybridized carbons (Fsp3) is 0.167. The van der Waals surface area contributed by atoms with E-state index < -0.39 is 24.8 Å². The van der Waals surface area contributed by atoms with Crippen LogP contribution < -0.4 is 4.18 Å². The molecule has 21 heavy (non-hydrogen) atoms. The van der Waals surface area contributed by atoms with E-state index in [0.717, 1.165) is 6.08 Å². The zero-order valence-electron chi connectivity index (χ0n) is 10.5. The van der Waals surface area contributed by atoms with Gasteiger partial charge in [-0.15, -0.1) is 13.2 Å². The van der Waals surface area contributed by atoms with Gasteiger partial charge in [-0.1, -0.05) is 30.4 Å². The second-order valence-corrected chi connectivity index (χ2v) is 7.25. The topological polar surface area (TPSA) is 86.7 Å². The number of para-hydroxylation sites is 1. The Balaban J connectivity index is 0.00000400. The first-order chi connectivity index (χ1) is 9.33. The maximum absolute atomic E-state index is 12.0. The van der Waals surface area contributed by atoms with E-state index in [4.69, 9.17) is 4.18 Å². The van der Waals surface area contributed by atoms with Crippen LogP contribution in [0.15, 0.2) is 55.6 Å². The molecule has 0 saturated heterocycles. The van der Waals surface area contributed by atoms with Crippen LogP contribution in [0.2, 0.25) is 0 Å². The zero-order valence-corrected chi connectivity index (χ0v) is 12.1. The normalized spacial score (nSPS) is 12.8. The van der Waals surface area contributed by atoms with Gasteiger partial charge in [-0.2, -0.15) is 16.8 Å². The van der Waals surface area contributed by atoms with Crippen LogP contribution in [0, 0.1) is 0 Å². The molecule has 0 aliphatic heterocycles. The summed E-state index contributed by atoms with van der Waals surface area (Å²) < 4.78 is 54.6.